The van der Waals surface area contributed by atoms with Crippen molar-refractivity contribution in [2.24, 2.45) is 5.73 Å². The summed E-state index contributed by atoms with van der Waals surface area (Å²) in [7, 11) is 1.84. The number of benzene rings is 2. The molecule has 2 rings (SSSR count). The van der Waals surface area contributed by atoms with Gasteiger partial charge in [-0.05, 0) is 29.2 Å². The van der Waals surface area contributed by atoms with E-state index in [1.165, 1.54) is 0 Å². The van der Waals surface area contributed by atoms with Gasteiger partial charge >= 0.3 is 0 Å². The van der Waals surface area contributed by atoms with E-state index in [0.717, 1.165) is 22.3 Å². The van der Waals surface area contributed by atoms with Crippen molar-refractivity contribution in [3.63, 3.8) is 0 Å². The molecule has 0 spiro atoms. The van der Waals surface area contributed by atoms with Gasteiger partial charge in [-0.1, -0.05) is 48.5 Å². The molecule has 3 heteroatoms. The maximum atomic E-state index is 12.3. The van der Waals surface area contributed by atoms with Gasteiger partial charge in [0.2, 0.25) is 5.91 Å². The summed E-state index contributed by atoms with van der Waals surface area (Å²) in [5.74, 6) is 0.132. The fourth-order valence-electron chi connectivity index (χ4n) is 2.25. The van der Waals surface area contributed by atoms with Crippen LogP contribution in [-0.4, -0.2) is 17.9 Å². The fraction of sp³-hybridized carbons (Fsp3) is 0.278. The topological polar surface area (TPSA) is 46.3 Å². The molecule has 0 bridgehead atoms. The van der Waals surface area contributed by atoms with Crippen LogP contribution in [0.5, 0.6) is 0 Å². The highest BCUT2D eigenvalue weighted by Crippen LogP contribution is 2.11. The van der Waals surface area contributed by atoms with Crippen LogP contribution in [0.25, 0.3) is 0 Å². The average molecular weight is 282 g/mol. The molecule has 0 atom stereocenters. The van der Waals surface area contributed by atoms with E-state index in [9.17, 15) is 4.79 Å². The molecule has 0 saturated heterocycles. The smallest absolute Gasteiger partial charge is 0.227 e. The Morgan fingerprint density at radius 1 is 1.05 bits per heavy atom. The van der Waals surface area contributed by atoms with E-state index in [4.69, 9.17) is 5.73 Å². The van der Waals surface area contributed by atoms with Crippen LogP contribution in [0.1, 0.15) is 22.3 Å². The maximum absolute atomic E-state index is 12.3. The number of nitrogens with zero attached hydrogens (tertiary/aromatic N) is 1. The van der Waals surface area contributed by atoms with E-state index in [1.807, 2.05) is 62.5 Å². The highest BCUT2D eigenvalue weighted by Gasteiger charge is 2.11. The van der Waals surface area contributed by atoms with Crippen molar-refractivity contribution >= 4 is 5.91 Å². The Labute approximate surface area is 126 Å². The van der Waals surface area contributed by atoms with Gasteiger partial charge in [0.25, 0.3) is 0 Å². The minimum Gasteiger partial charge on any atom is -0.341 e. The zero-order chi connectivity index (χ0) is 15.2. The minimum atomic E-state index is 0.132. The highest BCUT2D eigenvalue weighted by molar-refractivity contribution is 5.78. The van der Waals surface area contributed by atoms with Crippen LogP contribution in [0.2, 0.25) is 0 Å². The Balaban J connectivity index is 1.97. The van der Waals surface area contributed by atoms with Crippen molar-refractivity contribution in [1.29, 1.82) is 0 Å². The lowest BCUT2D eigenvalue weighted by Crippen LogP contribution is -2.27. The zero-order valence-corrected chi connectivity index (χ0v) is 12.7. The molecule has 0 aliphatic heterocycles. The van der Waals surface area contributed by atoms with E-state index < -0.39 is 0 Å². The number of hydrogen-bond donors (Lipinski definition) is 1. The second kappa shape index (κ2) is 7.04. The van der Waals surface area contributed by atoms with Gasteiger partial charge < -0.3 is 10.6 Å². The molecule has 0 aromatic heterocycles. The van der Waals surface area contributed by atoms with Crippen LogP contribution in [0, 0.1) is 6.92 Å². The van der Waals surface area contributed by atoms with Crippen LogP contribution in [0.3, 0.4) is 0 Å². The predicted octanol–water partition coefficient (Wildman–Crippen LogP) is 2.65. The third-order valence-electron chi connectivity index (χ3n) is 3.71. The van der Waals surface area contributed by atoms with Crippen LogP contribution in [0.15, 0.2) is 48.5 Å². The number of rotatable bonds is 5. The summed E-state index contributed by atoms with van der Waals surface area (Å²) < 4.78 is 0. The third kappa shape index (κ3) is 4.17. The standard InChI is InChI=1S/C18H22N2O/c1-14-5-3-4-6-17(14)11-18(21)20(2)13-16-9-7-15(12-19)8-10-16/h3-10H,11-13,19H2,1-2H3. The fourth-order valence-corrected chi connectivity index (χ4v) is 2.25. The lowest BCUT2D eigenvalue weighted by molar-refractivity contribution is -0.129. The summed E-state index contributed by atoms with van der Waals surface area (Å²) in [6.45, 7) is 3.20. The van der Waals surface area contributed by atoms with Gasteiger partial charge in [-0.3, -0.25) is 4.79 Å². The quantitative estimate of drug-likeness (QED) is 0.916. The number of carbonyl (C=O) groups excluding carboxylic acids is 1. The average Bonchev–Trinajstić information content (AvgIpc) is 2.50. The molecule has 3 nitrogen and oxygen atoms in total. The summed E-state index contributed by atoms with van der Waals surface area (Å²) in [6.07, 6.45) is 0.448. The molecule has 0 fully saturated rings. The molecule has 0 saturated carbocycles. The Hall–Kier alpha value is -2.13. The Bertz CT molecular complexity index is 605. The van der Waals surface area contributed by atoms with Crippen molar-refractivity contribution in [2.75, 3.05) is 7.05 Å². The van der Waals surface area contributed by atoms with Gasteiger partial charge in [-0.15, -0.1) is 0 Å². The van der Waals surface area contributed by atoms with Crippen molar-refractivity contribution in [3.8, 4) is 0 Å². The molecule has 0 unspecified atom stereocenters. The van der Waals surface area contributed by atoms with Gasteiger partial charge in [-0.2, -0.15) is 0 Å². The first-order chi connectivity index (χ1) is 10.1. The molecule has 2 aromatic carbocycles. The Morgan fingerprint density at radius 3 is 2.29 bits per heavy atom. The lowest BCUT2D eigenvalue weighted by Gasteiger charge is -2.18. The van der Waals surface area contributed by atoms with Crippen LogP contribution in [-0.2, 0) is 24.3 Å². The maximum Gasteiger partial charge on any atom is 0.227 e. The summed E-state index contributed by atoms with van der Waals surface area (Å²) in [4.78, 5) is 14.1. The van der Waals surface area contributed by atoms with E-state index in [2.05, 4.69) is 0 Å². The first-order valence-electron chi connectivity index (χ1n) is 7.16. The molecule has 0 heterocycles. The lowest BCUT2D eigenvalue weighted by atomic mass is 10.1. The second-order valence-corrected chi connectivity index (χ2v) is 5.37. The highest BCUT2D eigenvalue weighted by atomic mass is 16.2. The number of amides is 1. The molecule has 2 N–H and O–H groups in total. The van der Waals surface area contributed by atoms with Gasteiger partial charge in [0.05, 0.1) is 6.42 Å². The van der Waals surface area contributed by atoms with Crippen molar-refractivity contribution in [2.45, 2.75) is 26.4 Å². The molecular weight excluding hydrogens is 260 g/mol. The minimum absolute atomic E-state index is 0.132. The molecule has 0 aliphatic carbocycles. The molecule has 0 aliphatic rings. The first-order valence-corrected chi connectivity index (χ1v) is 7.16. The first kappa shape index (κ1) is 15.3. The van der Waals surface area contributed by atoms with E-state index in [1.54, 1.807) is 4.90 Å². The van der Waals surface area contributed by atoms with Crippen LogP contribution >= 0.6 is 0 Å². The van der Waals surface area contributed by atoms with E-state index >= 15 is 0 Å². The molecule has 1 amide bonds. The number of hydrogen-bond acceptors (Lipinski definition) is 2. The molecular formula is C18H22N2O. The number of nitrogens with two attached hydrogens (primary N) is 1. The third-order valence-corrected chi connectivity index (χ3v) is 3.71. The molecule has 2 aromatic rings. The normalized spacial score (nSPS) is 10.4. The second-order valence-electron chi connectivity index (χ2n) is 5.37. The van der Waals surface area contributed by atoms with Gasteiger partial charge in [0, 0.05) is 20.1 Å². The van der Waals surface area contributed by atoms with Crippen molar-refractivity contribution in [1.82, 2.24) is 4.90 Å². The zero-order valence-electron chi connectivity index (χ0n) is 12.7. The van der Waals surface area contributed by atoms with Gasteiger partial charge in [-0.25, -0.2) is 0 Å². The summed E-state index contributed by atoms with van der Waals surface area (Å²) in [5, 5.41) is 0. The summed E-state index contributed by atoms with van der Waals surface area (Å²) in [6, 6.07) is 16.1. The number of likely N-dealkylation sites (N-methyl/N-ethyl adjacent to an activating group) is 1. The number of carbonyl (C=O) groups is 1. The predicted molar refractivity (Wildman–Crippen MR) is 85.7 cm³/mol. The Morgan fingerprint density at radius 2 is 1.67 bits per heavy atom. The van der Waals surface area contributed by atoms with Gasteiger partial charge in [0.1, 0.15) is 0 Å². The number of aryl methyl sites for hydroxylation is 1. The van der Waals surface area contributed by atoms with Crippen LogP contribution in [0.4, 0.5) is 0 Å². The summed E-state index contributed by atoms with van der Waals surface area (Å²) in [5.41, 5.74) is 10.1. The largest absolute Gasteiger partial charge is 0.341 e. The molecule has 21 heavy (non-hydrogen) atoms. The van der Waals surface area contributed by atoms with Crippen molar-refractivity contribution in [3.05, 3.63) is 70.8 Å². The molecule has 110 valence electrons. The van der Waals surface area contributed by atoms with Crippen molar-refractivity contribution < 1.29 is 4.79 Å². The van der Waals surface area contributed by atoms with Gasteiger partial charge in [0.15, 0.2) is 0 Å². The van der Waals surface area contributed by atoms with E-state index in [0.29, 0.717) is 19.5 Å². The Kier molecular flexibility index (Phi) is 5.12. The van der Waals surface area contributed by atoms with Crippen LogP contribution < -0.4 is 5.73 Å². The SMILES string of the molecule is Cc1ccccc1CC(=O)N(C)Cc1ccc(CN)cc1. The monoisotopic (exact) mass is 282 g/mol. The summed E-state index contributed by atoms with van der Waals surface area (Å²) >= 11 is 0. The van der Waals surface area contributed by atoms with E-state index in [-0.39, 0.29) is 5.91 Å². The molecule has 0 radical (unpaired) electrons.